The maximum absolute atomic E-state index is 11.4. The third-order valence-electron chi connectivity index (χ3n) is 1.96. The lowest BCUT2D eigenvalue weighted by Gasteiger charge is -2.19. The Morgan fingerprint density at radius 3 is 2.37 bits per heavy atom. The molecule has 0 N–H and O–H groups in total. The molecule has 0 spiro atoms. The van der Waals surface area contributed by atoms with Gasteiger partial charge < -0.3 is 9.47 Å². The molecule has 0 aliphatic heterocycles. The molecule has 0 amide bonds. The molecule has 102 valence electrons. The molecule has 4 heteroatoms. The van der Waals surface area contributed by atoms with Gasteiger partial charge in [-0.3, -0.25) is 0 Å². The fraction of sp³-hybridized carbons (Fsp3) is 0.333. The summed E-state index contributed by atoms with van der Waals surface area (Å²) in [4.78, 5) is 22.7. The topological polar surface area (TPSA) is 52.6 Å². The van der Waals surface area contributed by atoms with Crippen LogP contribution in [0.15, 0.2) is 36.4 Å². The lowest BCUT2D eigenvalue weighted by molar-refractivity contribution is -0.164. The molecule has 0 saturated heterocycles. The van der Waals surface area contributed by atoms with Crippen LogP contribution in [-0.4, -0.2) is 24.1 Å². The van der Waals surface area contributed by atoms with Gasteiger partial charge in [-0.05, 0) is 32.4 Å². The van der Waals surface area contributed by atoms with Crippen LogP contribution < -0.4 is 0 Å². The van der Waals surface area contributed by atoms with Crippen LogP contribution in [0.3, 0.4) is 0 Å². The molecule has 19 heavy (non-hydrogen) atoms. The molecule has 1 aromatic carbocycles. The molecule has 0 atom stereocenters. The highest BCUT2D eigenvalue weighted by atomic mass is 16.6. The third kappa shape index (κ3) is 7.03. The predicted molar refractivity (Wildman–Crippen MR) is 72.3 cm³/mol. The van der Waals surface area contributed by atoms with Crippen molar-refractivity contribution in [2.24, 2.45) is 0 Å². The van der Waals surface area contributed by atoms with E-state index in [1.165, 1.54) is 6.08 Å². The Kier molecular flexibility index (Phi) is 5.30. The van der Waals surface area contributed by atoms with E-state index < -0.39 is 17.5 Å². The van der Waals surface area contributed by atoms with Crippen molar-refractivity contribution in [1.82, 2.24) is 0 Å². The van der Waals surface area contributed by atoms with Gasteiger partial charge in [-0.25, -0.2) is 9.59 Å². The molecule has 0 fully saturated rings. The second kappa shape index (κ2) is 6.73. The summed E-state index contributed by atoms with van der Waals surface area (Å²) in [6.45, 7) is 4.88. The quantitative estimate of drug-likeness (QED) is 0.618. The van der Waals surface area contributed by atoms with Gasteiger partial charge in [0, 0.05) is 6.08 Å². The van der Waals surface area contributed by atoms with E-state index in [1.807, 2.05) is 30.3 Å². The van der Waals surface area contributed by atoms with Gasteiger partial charge in [-0.2, -0.15) is 0 Å². The summed E-state index contributed by atoms with van der Waals surface area (Å²) in [6, 6.07) is 9.34. The summed E-state index contributed by atoms with van der Waals surface area (Å²) in [5.41, 5.74) is 0.306. The first kappa shape index (κ1) is 15.0. The molecule has 0 heterocycles. The number of rotatable bonds is 4. The minimum Gasteiger partial charge on any atom is -0.457 e. The second-order valence-corrected chi connectivity index (χ2v) is 4.94. The van der Waals surface area contributed by atoms with E-state index in [1.54, 1.807) is 26.8 Å². The van der Waals surface area contributed by atoms with E-state index in [2.05, 4.69) is 0 Å². The lowest BCUT2D eigenvalue weighted by atomic mass is 10.2. The first-order valence-electron chi connectivity index (χ1n) is 5.98. The fourth-order valence-corrected chi connectivity index (χ4v) is 1.28. The molecular weight excluding hydrogens is 244 g/mol. The van der Waals surface area contributed by atoms with E-state index in [-0.39, 0.29) is 6.61 Å². The van der Waals surface area contributed by atoms with Crippen LogP contribution >= 0.6 is 0 Å². The molecule has 0 aromatic heterocycles. The van der Waals surface area contributed by atoms with Gasteiger partial charge in [-0.15, -0.1) is 0 Å². The van der Waals surface area contributed by atoms with E-state index in [0.29, 0.717) is 0 Å². The van der Waals surface area contributed by atoms with Crippen molar-refractivity contribution in [1.29, 1.82) is 0 Å². The molecule has 4 nitrogen and oxygen atoms in total. The maximum atomic E-state index is 11.4. The average molecular weight is 262 g/mol. The normalized spacial score (nSPS) is 11.3. The Morgan fingerprint density at radius 2 is 1.79 bits per heavy atom. The van der Waals surface area contributed by atoms with Crippen molar-refractivity contribution in [3.63, 3.8) is 0 Å². The summed E-state index contributed by atoms with van der Waals surface area (Å²) in [5, 5.41) is 0. The van der Waals surface area contributed by atoms with Crippen molar-refractivity contribution in [3.05, 3.63) is 42.0 Å². The number of hydrogen-bond donors (Lipinski definition) is 0. The summed E-state index contributed by atoms with van der Waals surface area (Å²) in [6.07, 6.45) is 2.90. The van der Waals surface area contributed by atoms with E-state index in [4.69, 9.17) is 9.47 Å². The SMILES string of the molecule is CC(C)(C)OC(=O)COC(=O)/C=C/c1ccccc1. The predicted octanol–water partition coefficient (Wildman–Crippen LogP) is 2.58. The van der Waals surface area contributed by atoms with Crippen molar-refractivity contribution in [2.75, 3.05) is 6.61 Å². The van der Waals surface area contributed by atoms with Crippen molar-refractivity contribution < 1.29 is 19.1 Å². The highest BCUT2D eigenvalue weighted by molar-refractivity contribution is 5.88. The van der Waals surface area contributed by atoms with Gasteiger partial charge >= 0.3 is 11.9 Å². The zero-order valence-corrected chi connectivity index (χ0v) is 11.4. The highest BCUT2D eigenvalue weighted by Gasteiger charge is 2.16. The Bertz CT molecular complexity index is 455. The van der Waals surface area contributed by atoms with Crippen molar-refractivity contribution >= 4 is 18.0 Å². The van der Waals surface area contributed by atoms with E-state index in [0.717, 1.165) is 5.56 Å². The Morgan fingerprint density at radius 1 is 1.16 bits per heavy atom. The Labute approximate surface area is 113 Å². The zero-order chi connectivity index (χ0) is 14.3. The van der Waals surface area contributed by atoms with Crippen LogP contribution in [0.2, 0.25) is 0 Å². The third-order valence-corrected chi connectivity index (χ3v) is 1.96. The molecule has 0 aliphatic rings. The monoisotopic (exact) mass is 262 g/mol. The van der Waals surface area contributed by atoms with Crippen LogP contribution in [0, 0.1) is 0 Å². The Balaban J connectivity index is 2.36. The van der Waals surface area contributed by atoms with E-state index >= 15 is 0 Å². The first-order chi connectivity index (χ1) is 8.87. The van der Waals surface area contributed by atoms with Crippen molar-refractivity contribution in [3.8, 4) is 0 Å². The molecule has 0 saturated carbocycles. The molecule has 0 aliphatic carbocycles. The van der Waals surface area contributed by atoms with Crippen LogP contribution in [0.5, 0.6) is 0 Å². The minimum atomic E-state index is -0.580. The van der Waals surface area contributed by atoms with Gasteiger partial charge in [0.25, 0.3) is 0 Å². The van der Waals surface area contributed by atoms with Crippen LogP contribution in [0.1, 0.15) is 26.3 Å². The molecule has 1 aromatic rings. The summed E-state index contributed by atoms with van der Waals surface area (Å²) in [5.74, 6) is -1.14. The number of esters is 2. The van der Waals surface area contributed by atoms with Crippen LogP contribution in [0.25, 0.3) is 6.08 Å². The van der Waals surface area contributed by atoms with E-state index in [9.17, 15) is 9.59 Å². The standard InChI is InChI=1S/C15H18O4/c1-15(2,3)19-14(17)11-18-13(16)10-9-12-7-5-4-6-8-12/h4-10H,11H2,1-3H3/b10-9+. The Hall–Kier alpha value is -2.10. The average Bonchev–Trinajstić information content (AvgIpc) is 2.33. The number of hydrogen-bond acceptors (Lipinski definition) is 4. The molecular formula is C15H18O4. The van der Waals surface area contributed by atoms with Crippen LogP contribution in [0.4, 0.5) is 0 Å². The second-order valence-electron chi connectivity index (χ2n) is 4.94. The first-order valence-corrected chi connectivity index (χ1v) is 5.98. The van der Waals surface area contributed by atoms with Gasteiger partial charge in [0.1, 0.15) is 5.60 Å². The maximum Gasteiger partial charge on any atom is 0.344 e. The zero-order valence-electron chi connectivity index (χ0n) is 11.4. The van der Waals surface area contributed by atoms with Crippen LogP contribution in [-0.2, 0) is 19.1 Å². The number of carbonyl (C=O) groups is 2. The summed E-state index contributed by atoms with van der Waals surface area (Å²) < 4.78 is 9.78. The van der Waals surface area contributed by atoms with Crippen molar-refractivity contribution in [2.45, 2.75) is 26.4 Å². The van der Waals surface area contributed by atoms with Gasteiger partial charge in [0.2, 0.25) is 0 Å². The number of benzene rings is 1. The van der Waals surface area contributed by atoms with Gasteiger partial charge in [-0.1, -0.05) is 30.3 Å². The molecule has 0 bridgehead atoms. The summed E-state index contributed by atoms with van der Waals surface area (Å²) in [7, 11) is 0. The molecule has 0 radical (unpaired) electrons. The van der Waals surface area contributed by atoms with Gasteiger partial charge in [0.05, 0.1) is 0 Å². The lowest BCUT2D eigenvalue weighted by Crippen LogP contribution is -2.27. The number of ether oxygens (including phenoxy) is 2. The smallest absolute Gasteiger partial charge is 0.344 e. The minimum absolute atomic E-state index is 0.380. The molecule has 1 rings (SSSR count). The number of carbonyl (C=O) groups excluding carboxylic acids is 2. The summed E-state index contributed by atoms with van der Waals surface area (Å²) >= 11 is 0. The fourth-order valence-electron chi connectivity index (χ4n) is 1.28. The molecule has 0 unspecified atom stereocenters. The van der Waals surface area contributed by atoms with Gasteiger partial charge in [0.15, 0.2) is 6.61 Å². The largest absolute Gasteiger partial charge is 0.457 e. The highest BCUT2D eigenvalue weighted by Crippen LogP contribution is 2.07.